The molecule has 1 N–H and O–H groups in total. The average molecular weight is 337 g/mol. The number of aromatic nitrogens is 1. The number of thiazole rings is 1. The number of benzene rings is 1. The summed E-state index contributed by atoms with van der Waals surface area (Å²) in [7, 11) is 0. The Kier molecular flexibility index (Phi) is 3.66. The molecule has 1 aliphatic carbocycles. The zero-order chi connectivity index (χ0) is 13.2. The van der Waals surface area contributed by atoms with Crippen molar-refractivity contribution in [1.82, 2.24) is 4.98 Å². The SMILES string of the molecule is O=C(Nc1cccc(Br)c1)C1CCc2ncsc2C1. The van der Waals surface area contributed by atoms with Gasteiger partial charge in [-0.1, -0.05) is 22.0 Å². The number of fused-ring (bicyclic) bond motifs is 1. The highest BCUT2D eigenvalue weighted by molar-refractivity contribution is 9.10. The quantitative estimate of drug-likeness (QED) is 0.909. The van der Waals surface area contributed by atoms with Gasteiger partial charge in [0, 0.05) is 21.0 Å². The van der Waals surface area contributed by atoms with Crippen LogP contribution in [0.5, 0.6) is 0 Å². The first-order valence-corrected chi connectivity index (χ1v) is 7.87. The average Bonchev–Trinajstić information content (AvgIpc) is 2.85. The predicted octanol–water partition coefficient (Wildman–Crippen LogP) is 3.65. The smallest absolute Gasteiger partial charge is 0.227 e. The predicted molar refractivity (Wildman–Crippen MR) is 80.4 cm³/mol. The minimum Gasteiger partial charge on any atom is -0.326 e. The van der Waals surface area contributed by atoms with Crippen LogP contribution in [-0.2, 0) is 17.6 Å². The van der Waals surface area contributed by atoms with Crippen LogP contribution >= 0.6 is 27.3 Å². The molecule has 1 aromatic carbocycles. The first-order valence-electron chi connectivity index (χ1n) is 6.20. The van der Waals surface area contributed by atoms with Gasteiger partial charge < -0.3 is 5.32 Å². The summed E-state index contributed by atoms with van der Waals surface area (Å²) in [6, 6.07) is 7.68. The van der Waals surface area contributed by atoms with Gasteiger partial charge in [-0.2, -0.15) is 0 Å². The Labute approximate surface area is 124 Å². The van der Waals surface area contributed by atoms with Crippen LogP contribution in [0.4, 0.5) is 5.69 Å². The summed E-state index contributed by atoms with van der Waals surface area (Å²) in [5, 5.41) is 2.99. The molecule has 1 atom stereocenters. The standard InChI is InChI=1S/C14H13BrN2OS/c15-10-2-1-3-11(7-10)17-14(18)9-4-5-12-13(6-9)19-8-16-12/h1-3,7-9H,4-6H2,(H,17,18). The van der Waals surface area contributed by atoms with Gasteiger partial charge in [0.05, 0.1) is 11.2 Å². The molecular formula is C14H13BrN2OS. The van der Waals surface area contributed by atoms with E-state index in [1.165, 1.54) is 10.6 Å². The molecule has 1 aliphatic rings. The van der Waals surface area contributed by atoms with Crippen molar-refractivity contribution in [3.8, 4) is 0 Å². The van der Waals surface area contributed by atoms with E-state index in [1.807, 2.05) is 29.8 Å². The van der Waals surface area contributed by atoms with Crippen LogP contribution in [0.2, 0.25) is 0 Å². The molecule has 5 heteroatoms. The monoisotopic (exact) mass is 336 g/mol. The molecule has 0 fully saturated rings. The maximum atomic E-state index is 12.3. The summed E-state index contributed by atoms with van der Waals surface area (Å²) < 4.78 is 0.971. The molecule has 1 unspecified atom stereocenters. The zero-order valence-corrected chi connectivity index (χ0v) is 12.6. The van der Waals surface area contributed by atoms with Crippen LogP contribution in [0.25, 0.3) is 0 Å². The highest BCUT2D eigenvalue weighted by Gasteiger charge is 2.26. The fourth-order valence-corrected chi connectivity index (χ4v) is 3.63. The summed E-state index contributed by atoms with van der Waals surface area (Å²) >= 11 is 5.06. The van der Waals surface area contributed by atoms with Gasteiger partial charge in [0.2, 0.25) is 5.91 Å². The van der Waals surface area contributed by atoms with E-state index in [9.17, 15) is 4.79 Å². The van der Waals surface area contributed by atoms with Gasteiger partial charge in [0.15, 0.2) is 0 Å². The molecule has 1 aromatic heterocycles. The number of halogens is 1. The molecule has 2 aromatic rings. The lowest BCUT2D eigenvalue weighted by molar-refractivity contribution is -0.120. The van der Waals surface area contributed by atoms with E-state index in [1.54, 1.807) is 11.3 Å². The Bertz CT molecular complexity index is 611. The Morgan fingerprint density at radius 1 is 1.47 bits per heavy atom. The van der Waals surface area contributed by atoms with E-state index in [4.69, 9.17) is 0 Å². The lowest BCUT2D eigenvalue weighted by Gasteiger charge is -2.20. The minimum atomic E-state index is 0.0620. The second-order valence-corrected chi connectivity index (χ2v) is 6.52. The van der Waals surface area contributed by atoms with Crippen LogP contribution < -0.4 is 5.32 Å². The van der Waals surface area contributed by atoms with Gasteiger partial charge in [-0.05, 0) is 37.5 Å². The molecule has 19 heavy (non-hydrogen) atoms. The Morgan fingerprint density at radius 3 is 3.21 bits per heavy atom. The van der Waals surface area contributed by atoms with Crippen LogP contribution in [0.3, 0.4) is 0 Å². The maximum Gasteiger partial charge on any atom is 0.227 e. The Morgan fingerprint density at radius 2 is 2.37 bits per heavy atom. The number of carbonyl (C=O) groups is 1. The fraction of sp³-hybridized carbons (Fsp3) is 0.286. The van der Waals surface area contributed by atoms with Gasteiger partial charge in [-0.3, -0.25) is 4.79 Å². The number of nitrogens with one attached hydrogen (secondary N) is 1. The molecule has 1 heterocycles. The number of carbonyl (C=O) groups excluding carboxylic acids is 1. The molecule has 0 bridgehead atoms. The Hall–Kier alpha value is -1.20. The minimum absolute atomic E-state index is 0.0620. The van der Waals surface area contributed by atoms with Gasteiger partial charge in [0.1, 0.15) is 0 Å². The first-order chi connectivity index (χ1) is 9.22. The van der Waals surface area contributed by atoms with Crippen molar-refractivity contribution >= 4 is 38.9 Å². The topological polar surface area (TPSA) is 42.0 Å². The van der Waals surface area contributed by atoms with Crippen molar-refractivity contribution in [1.29, 1.82) is 0 Å². The number of hydrogen-bond donors (Lipinski definition) is 1. The first kappa shape index (κ1) is 12.8. The number of nitrogens with zero attached hydrogens (tertiary/aromatic N) is 1. The maximum absolute atomic E-state index is 12.3. The number of rotatable bonds is 2. The third-order valence-corrected chi connectivity index (χ3v) is 4.74. The van der Waals surface area contributed by atoms with Gasteiger partial charge >= 0.3 is 0 Å². The third-order valence-electron chi connectivity index (χ3n) is 3.35. The molecular weight excluding hydrogens is 324 g/mol. The molecule has 0 saturated carbocycles. The normalized spacial score (nSPS) is 17.8. The molecule has 0 spiro atoms. The van der Waals surface area contributed by atoms with Crippen molar-refractivity contribution < 1.29 is 4.79 Å². The second-order valence-electron chi connectivity index (χ2n) is 4.66. The van der Waals surface area contributed by atoms with Crippen LogP contribution in [0.1, 0.15) is 17.0 Å². The zero-order valence-electron chi connectivity index (χ0n) is 10.2. The van der Waals surface area contributed by atoms with E-state index in [0.29, 0.717) is 0 Å². The summed E-state index contributed by atoms with van der Waals surface area (Å²) in [6.45, 7) is 0. The molecule has 3 rings (SSSR count). The van der Waals surface area contributed by atoms with Gasteiger partial charge in [0.25, 0.3) is 0 Å². The van der Waals surface area contributed by atoms with E-state index in [0.717, 1.165) is 29.4 Å². The van der Waals surface area contributed by atoms with E-state index < -0.39 is 0 Å². The molecule has 0 aliphatic heterocycles. The highest BCUT2D eigenvalue weighted by atomic mass is 79.9. The van der Waals surface area contributed by atoms with Gasteiger partial charge in [-0.15, -0.1) is 11.3 Å². The van der Waals surface area contributed by atoms with E-state index in [-0.39, 0.29) is 11.8 Å². The molecule has 98 valence electrons. The number of hydrogen-bond acceptors (Lipinski definition) is 3. The third kappa shape index (κ3) is 2.87. The second kappa shape index (κ2) is 5.43. The largest absolute Gasteiger partial charge is 0.326 e. The number of amides is 1. The van der Waals surface area contributed by atoms with Crippen molar-refractivity contribution in [3.05, 3.63) is 44.8 Å². The molecule has 0 radical (unpaired) electrons. The van der Waals surface area contributed by atoms with E-state index in [2.05, 4.69) is 26.2 Å². The van der Waals surface area contributed by atoms with Crippen molar-refractivity contribution in [3.63, 3.8) is 0 Å². The highest BCUT2D eigenvalue weighted by Crippen LogP contribution is 2.28. The Balaban J connectivity index is 1.69. The van der Waals surface area contributed by atoms with E-state index >= 15 is 0 Å². The van der Waals surface area contributed by atoms with Crippen molar-refractivity contribution in [2.24, 2.45) is 5.92 Å². The van der Waals surface area contributed by atoms with Gasteiger partial charge in [-0.25, -0.2) is 4.98 Å². The lowest BCUT2D eigenvalue weighted by atomic mass is 9.90. The van der Waals surface area contributed by atoms with Crippen molar-refractivity contribution in [2.45, 2.75) is 19.3 Å². The number of anilines is 1. The summed E-state index contributed by atoms with van der Waals surface area (Å²) in [5.74, 6) is 0.170. The van der Waals surface area contributed by atoms with Crippen LogP contribution in [0.15, 0.2) is 34.2 Å². The number of aryl methyl sites for hydroxylation is 1. The van der Waals surface area contributed by atoms with Crippen molar-refractivity contribution in [2.75, 3.05) is 5.32 Å². The fourth-order valence-electron chi connectivity index (χ4n) is 2.33. The summed E-state index contributed by atoms with van der Waals surface area (Å²) in [6.07, 6.45) is 2.62. The van der Waals surface area contributed by atoms with Crippen LogP contribution in [-0.4, -0.2) is 10.9 Å². The molecule has 3 nitrogen and oxygen atoms in total. The summed E-state index contributed by atoms with van der Waals surface area (Å²) in [4.78, 5) is 17.9. The summed E-state index contributed by atoms with van der Waals surface area (Å²) in [5.41, 5.74) is 3.89. The van der Waals surface area contributed by atoms with Crippen LogP contribution in [0, 0.1) is 5.92 Å². The molecule has 0 saturated heterocycles. The molecule has 1 amide bonds. The lowest BCUT2D eigenvalue weighted by Crippen LogP contribution is -2.27.